The first-order chi connectivity index (χ1) is 12.1. The number of aromatic nitrogens is 2. The van der Waals surface area contributed by atoms with Gasteiger partial charge in [-0.2, -0.15) is 13.2 Å². The van der Waals surface area contributed by atoms with Crippen LogP contribution in [0.1, 0.15) is 71.1 Å². The van der Waals surface area contributed by atoms with E-state index in [9.17, 15) is 13.2 Å². The minimum Gasteiger partial charge on any atom is -0.741 e. The molecule has 1 aromatic rings. The molecule has 1 heterocycles. The van der Waals surface area contributed by atoms with Crippen molar-refractivity contribution in [3.05, 3.63) is 18.7 Å². The molecule has 0 aliphatic heterocycles. The van der Waals surface area contributed by atoms with Crippen LogP contribution in [0.25, 0.3) is 0 Å². The average Bonchev–Trinajstić information content (AvgIpc) is 2.93. The van der Waals surface area contributed by atoms with Crippen molar-refractivity contribution in [1.29, 1.82) is 0 Å². The van der Waals surface area contributed by atoms with Crippen molar-refractivity contribution < 1.29 is 30.7 Å². The van der Waals surface area contributed by atoms with E-state index in [0.29, 0.717) is 0 Å². The van der Waals surface area contributed by atoms with Gasteiger partial charge in [0, 0.05) is 0 Å². The topological polar surface area (TPSA) is 66.0 Å². The van der Waals surface area contributed by atoms with Crippen molar-refractivity contribution in [3.63, 3.8) is 0 Å². The largest absolute Gasteiger partial charge is 0.741 e. The van der Waals surface area contributed by atoms with Gasteiger partial charge in [-0.05, 0) is 12.8 Å². The number of unbranched alkanes of at least 4 members (excludes halogenated alkanes) is 9. The molecule has 0 saturated carbocycles. The summed E-state index contributed by atoms with van der Waals surface area (Å²) < 4.78 is 63.3. The lowest BCUT2D eigenvalue weighted by atomic mass is 10.1. The lowest BCUT2D eigenvalue weighted by Crippen LogP contribution is -2.30. The molecule has 0 aliphatic carbocycles. The summed E-state index contributed by atoms with van der Waals surface area (Å²) in [7, 11) is -4.01. The second-order valence-corrected chi connectivity index (χ2v) is 7.77. The van der Waals surface area contributed by atoms with E-state index >= 15 is 0 Å². The zero-order valence-corrected chi connectivity index (χ0v) is 16.5. The second-order valence-electron chi connectivity index (χ2n) is 6.40. The molecule has 5 nitrogen and oxygen atoms in total. The van der Waals surface area contributed by atoms with Crippen LogP contribution >= 0.6 is 0 Å². The first-order valence-electron chi connectivity index (χ1n) is 9.11. The summed E-state index contributed by atoms with van der Waals surface area (Å²) in [6, 6.07) is 0. The van der Waals surface area contributed by atoms with Gasteiger partial charge in [0.25, 0.3) is 0 Å². The molecule has 0 amide bonds. The highest BCUT2D eigenvalue weighted by Gasteiger charge is 2.36. The summed E-state index contributed by atoms with van der Waals surface area (Å²) in [5.74, 6) is 0. The zero-order valence-electron chi connectivity index (χ0n) is 15.7. The SMILES string of the molecule is CCCCCCCCCCCC[n+]1ccn(C)c1.O=S(=O)([O-])C(F)(F)F. The number of imidazole rings is 1. The number of nitrogens with zero attached hydrogens (tertiary/aromatic N) is 2. The van der Waals surface area contributed by atoms with Gasteiger partial charge in [0.1, 0.15) is 12.4 Å². The molecule has 0 spiro atoms. The van der Waals surface area contributed by atoms with Crippen LogP contribution in [-0.2, 0) is 23.7 Å². The second kappa shape index (κ2) is 13.1. The van der Waals surface area contributed by atoms with Crippen LogP contribution in [0, 0.1) is 0 Å². The van der Waals surface area contributed by atoms with E-state index in [1.54, 1.807) is 0 Å². The number of hydrogen-bond acceptors (Lipinski definition) is 3. The lowest BCUT2D eigenvalue weighted by Gasteiger charge is -2.08. The average molecular weight is 401 g/mol. The van der Waals surface area contributed by atoms with Crippen molar-refractivity contribution >= 4 is 10.1 Å². The molecule has 26 heavy (non-hydrogen) atoms. The number of aryl methyl sites for hydroxylation is 2. The molecule has 1 aromatic heterocycles. The third kappa shape index (κ3) is 13.2. The standard InChI is InChI=1S/C16H31N2.CHF3O3S/c1-3-4-5-6-7-8-9-10-11-12-13-18-15-14-17(2)16-18;2-1(3,4)8(5,6)7/h14-16H,3-13H2,1-2H3;(H,5,6,7)/q+1;/p-1. The Hall–Kier alpha value is -1.09. The van der Waals surface area contributed by atoms with Gasteiger partial charge >= 0.3 is 5.51 Å². The highest BCUT2D eigenvalue weighted by atomic mass is 32.2. The molecule has 0 aromatic carbocycles. The van der Waals surface area contributed by atoms with Crippen molar-refractivity contribution in [1.82, 2.24) is 4.57 Å². The fourth-order valence-corrected chi connectivity index (χ4v) is 2.42. The molecule has 0 N–H and O–H groups in total. The molecule has 0 bridgehead atoms. The number of hydrogen-bond donors (Lipinski definition) is 0. The molecule has 1 rings (SSSR count). The van der Waals surface area contributed by atoms with E-state index in [1.165, 1.54) is 70.8 Å². The molecule has 0 atom stereocenters. The molecular formula is C17H31F3N2O3S. The summed E-state index contributed by atoms with van der Waals surface area (Å²) in [5.41, 5.74) is -5.65. The highest BCUT2D eigenvalue weighted by molar-refractivity contribution is 7.86. The Morgan fingerprint density at radius 2 is 1.38 bits per heavy atom. The van der Waals surface area contributed by atoms with E-state index < -0.39 is 15.6 Å². The Balaban J connectivity index is 0.000000660. The van der Waals surface area contributed by atoms with Crippen LogP contribution in [0.5, 0.6) is 0 Å². The van der Waals surface area contributed by atoms with Crippen LogP contribution in [0.3, 0.4) is 0 Å². The quantitative estimate of drug-likeness (QED) is 0.241. The molecule has 9 heteroatoms. The normalized spacial score (nSPS) is 11.9. The van der Waals surface area contributed by atoms with Crippen LogP contribution in [0.2, 0.25) is 0 Å². The minimum absolute atomic E-state index is 1.18. The van der Waals surface area contributed by atoms with Crippen molar-refractivity contribution in [2.24, 2.45) is 7.05 Å². The van der Waals surface area contributed by atoms with Gasteiger partial charge < -0.3 is 4.55 Å². The number of alkyl halides is 3. The summed E-state index contributed by atoms with van der Waals surface area (Å²) in [6.07, 6.45) is 20.6. The third-order valence-corrected chi connectivity index (χ3v) is 4.44. The van der Waals surface area contributed by atoms with Crippen molar-refractivity contribution in [3.8, 4) is 0 Å². The molecule has 0 fully saturated rings. The third-order valence-electron chi connectivity index (χ3n) is 3.88. The first kappa shape index (κ1) is 24.9. The Morgan fingerprint density at radius 3 is 1.73 bits per heavy atom. The molecule has 0 unspecified atom stereocenters. The molecule has 0 aliphatic rings. The lowest BCUT2D eigenvalue weighted by molar-refractivity contribution is -0.696. The molecule has 154 valence electrons. The fraction of sp³-hybridized carbons (Fsp3) is 0.824. The van der Waals surface area contributed by atoms with Gasteiger partial charge in [-0.25, -0.2) is 17.6 Å². The van der Waals surface area contributed by atoms with Crippen LogP contribution in [0.4, 0.5) is 13.2 Å². The van der Waals surface area contributed by atoms with E-state index in [4.69, 9.17) is 13.0 Å². The minimum atomic E-state index is -6.09. The van der Waals surface area contributed by atoms with Crippen molar-refractivity contribution in [2.75, 3.05) is 0 Å². The Kier molecular flexibility index (Phi) is 12.6. The molecular weight excluding hydrogens is 369 g/mol. The zero-order chi connectivity index (χ0) is 20.1. The van der Waals surface area contributed by atoms with E-state index in [-0.39, 0.29) is 0 Å². The summed E-state index contributed by atoms with van der Waals surface area (Å²) in [6.45, 7) is 3.46. The van der Waals surface area contributed by atoms with E-state index in [1.807, 2.05) is 0 Å². The Morgan fingerprint density at radius 1 is 0.962 bits per heavy atom. The highest BCUT2D eigenvalue weighted by Crippen LogP contribution is 2.20. The fourth-order valence-electron chi connectivity index (χ4n) is 2.42. The summed E-state index contributed by atoms with van der Waals surface area (Å²) >= 11 is 0. The van der Waals surface area contributed by atoms with Crippen LogP contribution in [-0.4, -0.2) is 23.0 Å². The molecule has 0 saturated heterocycles. The van der Waals surface area contributed by atoms with Gasteiger partial charge in [-0.3, -0.25) is 0 Å². The van der Waals surface area contributed by atoms with Gasteiger partial charge in [-0.15, -0.1) is 0 Å². The smallest absolute Gasteiger partial charge is 0.485 e. The predicted molar refractivity (Wildman–Crippen MR) is 93.2 cm³/mol. The van der Waals surface area contributed by atoms with E-state index in [2.05, 4.69) is 41.8 Å². The van der Waals surface area contributed by atoms with Crippen LogP contribution < -0.4 is 4.57 Å². The van der Waals surface area contributed by atoms with Crippen LogP contribution in [0.15, 0.2) is 18.7 Å². The van der Waals surface area contributed by atoms with Crippen molar-refractivity contribution in [2.45, 2.75) is 83.2 Å². The maximum Gasteiger partial charge on any atom is 0.485 e. The van der Waals surface area contributed by atoms with Gasteiger partial charge in [0.15, 0.2) is 10.1 Å². The Labute approximate surface area is 155 Å². The van der Waals surface area contributed by atoms with Gasteiger partial charge in [0.2, 0.25) is 6.33 Å². The number of halogens is 3. The summed E-state index contributed by atoms with van der Waals surface area (Å²) in [5, 5.41) is 0. The Bertz CT molecular complexity index is 572. The van der Waals surface area contributed by atoms with E-state index in [0.717, 1.165) is 0 Å². The monoisotopic (exact) mass is 400 g/mol. The van der Waals surface area contributed by atoms with Gasteiger partial charge in [-0.1, -0.05) is 58.3 Å². The summed E-state index contributed by atoms with van der Waals surface area (Å²) in [4.78, 5) is 0. The first-order valence-corrected chi connectivity index (χ1v) is 10.5. The molecule has 0 radical (unpaired) electrons. The maximum atomic E-state index is 10.7. The predicted octanol–water partition coefficient (Wildman–Crippen LogP) is 4.28. The number of rotatable bonds is 11. The maximum absolute atomic E-state index is 10.7. The van der Waals surface area contributed by atoms with Gasteiger partial charge in [0.05, 0.1) is 13.6 Å².